The molecule has 0 aromatic carbocycles. The number of fused-ring (bicyclic) bond motifs is 5. The third kappa shape index (κ3) is 20.1. The van der Waals surface area contributed by atoms with Crippen LogP contribution in [0.1, 0.15) is 293 Å². The Labute approximate surface area is 429 Å². The van der Waals surface area contributed by atoms with Crippen LogP contribution in [0, 0.1) is 58.2 Å². The van der Waals surface area contributed by atoms with Gasteiger partial charge in [-0.2, -0.15) is 0 Å². The van der Waals surface area contributed by atoms with Crippen molar-refractivity contribution >= 4 is 11.9 Å². The van der Waals surface area contributed by atoms with Gasteiger partial charge in [0.15, 0.2) is 0 Å². The number of hydrogen-bond acceptors (Lipinski definition) is 5. The lowest BCUT2D eigenvalue weighted by atomic mass is 9.47. The van der Waals surface area contributed by atoms with E-state index in [-0.39, 0.29) is 24.1 Å². The molecule has 0 bridgehead atoms. The zero-order chi connectivity index (χ0) is 50.1. The fourth-order valence-electron chi connectivity index (χ4n) is 15.3. The molecule has 4 aliphatic carbocycles. The second-order valence-corrected chi connectivity index (χ2v) is 25.5. The first-order valence-corrected chi connectivity index (χ1v) is 31.0. The van der Waals surface area contributed by atoms with E-state index in [2.05, 4.69) is 80.5 Å². The van der Waals surface area contributed by atoms with Gasteiger partial charge in [-0.05, 0) is 175 Å². The van der Waals surface area contributed by atoms with Crippen molar-refractivity contribution in [1.82, 2.24) is 4.90 Å². The van der Waals surface area contributed by atoms with Gasteiger partial charge in [0, 0.05) is 19.3 Å². The van der Waals surface area contributed by atoms with Crippen LogP contribution in [0.4, 0.5) is 0 Å². The second kappa shape index (κ2) is 32.7. The number of nitrogens with zero attached hydrogens (tertiary/aromatic N) is 1. The summed E-state index contributed by atoms with van der Waals surface area (Å²) in [5, 5.41) is 0. The molecule has 0 saturated heterocycles. The Morgan fingerprint density at radius 2 is 1.22 bits per heavy atom. The molecule has 5 nitrogen and oxygen atoms in total. The minimum Gasteiger partial charge on any atom is -0.462 e. The molecule has 0 amide bonds. The minimum atomic E-state index is 0.0373. The third-order valence-corrected chi connectivity index (χ3v) is 19.9. The topological polar surface area (TPSA) is 55.8 Å². The summed E-state index contributed by atoms with van der Waals surface area (Å²) in [6.45, 7) is 20.9. The average Bonchev–Trinajstić information content (AvgIpc) is 3.68. The zero-order valence-corrected chi connectivity index (χ0v) is 47.8. The Kier molecular flexibility index (Phi) is 28.6. The third-order valence-electron chi connectivity index (χ3n) is 19.9. The highest BCUT2D eigenvalue weighted by Crippen LogP contribution is 2.67. The van der Waals surface area contributed by atoms with Gasteiger partial charge in [0.2, 0.25) is 0 Å². The SMILES string of the molecule is CCCCCCCCC(CCCCCCCC)OC(=O)CCCCCCC(CCCCCC(=O)OC1CCC2(C)C(=CCC3C2CCC2(C)C(C(C)CCC(CC)C(C)C)CCC32)C1)CCN(C)C. The molecule has 10 atom stereocenters. The van der Waals surface area contributed by atoms with Gasteiger partial charge in [-0.15, -0.1) is 0 Å². The number of hydrogen-bond donors (Lipinski definition) is 0. The van der Waals surface area contributed by atoms with Crippen molar-refractivity contribution in [3.8, 4) is 0 Å². The summed E-state index contributed by atoms with van der Waals surface area (Å²) in [6, 6.07) is 0. The van der Waals surface area contributed by atoms with Crippen LogP contribution in [0.2, 0.25) is 0 Å². The molecular formula is C64H117NO4. The Hall–Kier alpha value is -1.36. The normalized spacial score (nSPS) is 26.9. The quantitative estimate of drug-likeness (QED) is 0.0351. The molecule has 0 radical (unpaired) electrons. The number of rotatable bonds is 38. The second-order valence-electron chi connectivity index (χ2n) is 25.5. The standard InChI is InChI=1S/C64H117NO4/c1-11-14-16-18-20-27-33-55(34-28-21-19-17-15-12-2)68-61(66)35-29-23-22-25-31-52(45-48-65(9)10)32-26-24-30-36-62(67)69-56-43-46-63(7)54(49-56)39-40-57-59-42-41-58(64(59,8)47-44-60(57)63)51(6)37-38-53(13-3)50(4)5/h39,50-53,55-60H,11-38,40-49H2,1-10H3. The van der Waals surface area contributed by atoms with Gasteiger partial charge in [0.1, 0.15) is 12.2 Å². The van der Waals surface area contributed by atoms with E-state index >= 15 is 0 Å². The fourth-order valence-corrected chi connectivity index (χ4v) is 15.3. The average molecular weight is 965 g/mol. The van der Waals surface area contributed by atoms with E-state index in [1.54, 1.807) is 5.57 Å². The van der Waals surface area contributed by atoms with E-state index in [4.69, 9.17) is 9.47 Å². The molecule has 4 aliphatic rings. The molecule has 3 fully saturated rings. The van der Waals surface area contributed by atoms with Gasteiger partial charge in [0.05, 0.1) is 0 Å². The molecule has 4 rings (SSSR count). The van der Waals surface area contributed by atoms with E-state index in [9.17, 15) is 9.59 Å². The van der Waals surface area contributed by atoms with Gasteiger partial charge in [-0.1, -0.05) is 189 Å². The van der Waals surface area contributed by atoms with Gasteiger partial charge in [0.25, 0.3) is 0 Å². The lowest BCUT2D eigenvalue weighted by Gasteiger charge is -2.58. The number of allylic oxidation sites excluding steroid dienone is 1. The molecular weight excluding hydrogens is 847 g/mol. The van der Waals surface area contributed by atoms with E-state index in [0.717, 1.165) is 105 Å². The molecule has 0 spiro atoms. The van der Waals surface area contributed by atoms with E-state index in [1.165, 1.54) is 173 Å². The molecule has 0 N–H and O–H groups in total. The predicted octanol–water partition coefficient (Wildman–Crippen LogP) is 18.8. The van der Waals surface area contributed by atoms with Crippen LogP contribution >= 0.6 is 0 Å². The number of carbonyl (C=O) groups excluding carboxylic acids is 2. The first kappa shape index (κ1) is 60.2. The summed E-state index contributed by atoms with van der Waals surface area (Å²) in [4.78, 5) is 28.5. The number of unbranched alkanes of at least 4 members (excludes halogenated alkanes) is 15. The van der Waals surface area contributed by atoms with Gasteiger partial charge in [-0.3, -0.25) is 9.59 Å². The van der Waals surface area contributed by atoms with Crippen LogP contribution in [-0.2, 0) is 19.1 Å². The summed E-state index contributed by atoms with van der Waals surface area (Å²) in [6.07, 6.45) is 47.4. The van der Waals surface area contributed by atoms with Gasteiger partial charge < -0.3 is 14.4 Å². The highest BCUT2D eigenvalue weighted by Gasteiger charge is 2.59. The van der Waals surface area contributed by atoms with Crippen molar-refractivity contribution in [2.75, 3.05) is 20.6 Å². The first-order chi connectivity index (χ1) is 33.2. The predicted molar refractivity (Wildman–Crippen MR) is 295 cm³/mol. The lowest BCUT2D eigenvalue weighted by molar-refractivity contribution is -0.152. The summed E-state index contributed by atoms with van der Waals surface area (Å²) in [7, 11) is 4.38. The fraction of sp³-hybridized carbons (Fsp3) is 0.938. The molecule has 10 unspecified atom stereocenters. The number of carbonyl (C=O) groups is 2. The highest BCUT2D eigenvalue weighted by atomic mass is 16.5. The molecule has 0 aromatic rings. The van der Waals surface area contributed by atoms with Crippen molar-refractivity contribution in [3.63, 3.8) is 0 Å². The largest absolute Gasteiger partial charge is 0.462 e. The summed E-state index contributed by atoms with van der Waals surface area (Å²) in [5.74, 6) is 6.78. The monoisotopic (exact) mass is 964 g/mol. The van der Waals surface area contributed by atoms with Crippen LogP contribution in [0.3, 0.4) is 0 Å². The highest BCUT2D eigenvalue weighted by molar-refractivity contribution is 5.69. The summed E-state index contributed by atoms with van der Waals surface area (Å²) in [5.41, 5.74) is 2.44. The smallest absolute Gasteiger partial charge is 0.306 e. The van der Waals surface area contributed by atoms with Crippen molar-refractivity contribution < 1.29 is 19.1 Å². The Morgan fingerprint density at radius 1 is 0.638 bits per heavy atom. The van der Waals surface area contributed by atoms with Crippen molar-refractivity contribution in [2.24, 2.45) is 58.2 Å². The molecule has 0 aromatic heterocycles. The molecule has 3 saturated carbocycles. The van der Waals surface area contributed by atoms with Crippen molar-refractivity contribution in [1.29, 1.82) is 0 Å². The molecule has 5 heteroatoms. The van der Waals surface area contributed by atoms with E-state index in [0.29, 0.717) is 23.7 Å². The molecule has 69 heavy (non-hydrogen) atoms. The maximum atomic E-state index is 13.2. The van der Waals surface area contributed by atoms with Crippen LogP contribution in [0.25, 0.3) is 0 Å². The molecule has 0 heterocycles. The summed E-state index contributed by atoms with van der Waals surface area (Å²) < 4.78 is 12.4. The van der Waals surface area contributed by atoms with Gasteiger partial charge >= 0.3 is 11.9 Å². The van der Waals surface area contributed by atoms with Crippen LogP contribution < -0.4 is 0 Å². The molecule has 0 aliphatic heterocycles. The maximum Gasteiger partial charge on any atom is 0.306 e. The number of esters is 2. The minimum absolute atomic E-state index is 0.0373. The van der Waals surface area contributed by atoms with Crippen molar-refractivity contribution in [2.45, 2.75) is 305 Å². The maximum absolute atomic E-state index is 13.2. The number of ether oxygens (including phenoxy) is 2. The Bertz CT molecular complexity index is 1410. The van der Waals surface area contributed by atoms with E-state index < -0.39 is 0 Å². The first-order valence-electron chi connectivity index (χ1n) is 31.0. The van der Waals surface area contributed by atoms with E-state index in [1.807, 2.05) is 0 Å². The zero-order valence-electron chi connectivity index (χ0n) is 47.8. The van der Waals surface area contributed by atoms with Crippen LogP contribution in [0.5, 0.6) is 0 Å². The van der Waals surface area contributed by atoms with Crippen LogP contribution in [-0.4, -0.2) is 49.7 Å². The Morgan fingerprint density at radius 3 is 1.83 bits per heavy atom. The Balaban J connectivity index is 1.11. The summed E-state index contributed by atoms with van der Waals surface area (Å²) >= 11 is 0. The van der Waals surface area contributed by atoms with Crippen LogP contribution in [0.15, 0.2) is 11.6 Å². The molecule has 402 valence electrons. The van der Waals surface area contributed by atoms with Gasteiger partial charge in [-0.25, -0.2) is 0 Å². The lowest BCUT2D eigenvalue weighted by Crippen LogP contribution is -2.51. The van der Waals surface area contributed by atoms with Crippen molar-refractivity contribution in [3.05, 3.63) is 11.6 Å².